The highest BCUT2D eigenvalue weighted by Crippen LogP contribution is 2.34. The van der Waals surface area contributed by atoms with Gasteiger partial charge in [-0.05, 0) is 32.4 Å². The van der Waals surface area contributed by atoms with Crippen molar-refractivity contribution < 1.29 is 23.7 Å². The monoisotopic (exact) mass is 533 g/mol. The summed E-state index contributed by atoms with van der Waals surface area (Å²) in [5, 5.41) is 17.0. The van der Waals surface area contributed by atoms with Crippen molar-refractivity contribution in [2.24, 2.45) is 4.99 Å². The average molecular weight is 533 g/mol. The number of hydrogen-bond acceptors (Lipinski definition) is 6. The highest BCUT2D eigenvalue weighted by atomic mass is 127. The highest BCUT2D eigenvalue weighted by molar-refractivity contribution is 14.0. The maximum Gasteiger partial charge on any atom is 0.191 e. The third kappa shape index (κ3) is 6.98. The standard InChI is InChI=1S/C21H31N3O5.HI/c1-6-22-20(24-14-21(2,25)19-8-7-11-29-19)23-10-9-16-17(27-4)12-15(26-3)13-18(16)28-5;/h7-8,11-13,25H,6,9-10,14H2,1-5H3,(H2,22,23,24);1H. The summed E-state index contributed by atoms with van der Waals surface area (Å²) >= 11 is 0. The van der Waals surface area contributed by atoms with Gasteiger partial charge < -0.3 is 34.4 Å². The molecular formula is C21H32IN3O5. The normalized spacial score (nSPS) is 13.1. The second kappa shape index (κ2) is 12.5. The molecule has 0 bridgehead atoms. The maximum absolute atomic E-state index is 10.6. The largest absolute Gasteiger partial charge is 0.496 e. The SMILES string of the molecule is CCNC(=NCC(C)(O)c1ccco1)NCCc1c(OC)cc(OC)cc1OC.I. The number of rotatable bonds is 10. The molecular weight excluding hydrogens is 501 g/mol. The number of aliphatic hydroxyl groups is 1. The molecule has 0 saturated carbocycles. The summed E-state index contributed by atoms with van der Waals surface area (Å²) in [6.07, 6.45) is 2.18. The molecule has 0 aliphatic rings. The molecule has 1 atom stereocenters. The molecule has 1 aromatic heterocycles. The van der Waals surface area contributed by atoms with Gasteiger partial charge in [-0.15, -0.1) is 24.0 Å². The second-order valence-corrected chi connectivity index (χ2v) is 6.63. The van der Waals surface area contributed by atoms with Crippen molar-refractivity contribution in [3.05, 3.63) is 41.9 Å². The highest BCUT2D eigenvalue weighted by Gasteiger charge is 2.26. The van der Waals surface area contributed by atoms with Gasteiger partial charge >= 0.3 is 0 Å². The molecule has 0 aliphatic heterocycles. The number of ether oxygens (including phenoxy) is 3. The van der Waals surface area contributed by atoms with Gasteiger partial charge in [0.2, 0.25) is 0 Å². The summed E-state index contributed by atoms with van der Waals surface area (Å²) < 4.78 is 21.6. The number of furan rings is 1. The maximum atomic E-state index is 10.6. The van der Waals surface area contributed by atoms with Crippen molar-refractivity contribution in [1.82, 2.24) is 10.6 Å². The van der Waals surface area contributed by atoms with E-state index in [0.29, 0.717) is 48.5 Å². The van der Waals surface area contributed by atoms with Crippen LogP contribution in [0.4, 0.5) is 0 Å². The lowest BCUT2D eigenvalue weighted by atomic mass is 10.0. The predicted molar refractivity (Wildman–Crippen MR) is 127 cm³/mol. The summed E-state index contributed by atoms with van der Waals surface area (Å²) in [7, 11) is 4.84. The van der Waals surface area contributed by atoms with Crippen LogP contribution in [0.5, 0.6) is 17.2 Å². The van der Waals surface area contributed by atoms with Crippen LogP contribution < -0.4 is 24.8 Å². The summed E-state index contributed by atoms with van der Waals surface area (Å²) in [4.78, 5) is 4.49. The van der Waals surface area contributed by atoms with E-state index in [1.165, 1.54) is 6.26 Å². The number of aliphatic imine (C=N–C) groups is 1. The molecule has 30 heavy (non-hydrogen) atoms. The van der Waals surface area contributed by atoms with E-state index in [4.69, 9.17) is 18.6 Å². The van der Waals surface area contributed by atoms with Crippen LogP contribution in [0.1, 0.15) is 25.2 Å². The van der Waals surface area contributed by atoms with Gasteiger partial charge in [0.15, 0.2) is 5.96 Å². The van der Waals surface area contributed by atoms with Crippen LogP contribution in [0.3, 0.4) is 0 Å². The van der Waals surface area contributed by atoms with Gasteiger partial charge in [-0.1, -0.05) is 0 Å². The third-order valence-corrected chi connectivity index (χ3v) is 4.43. The summed E-state index contributed by atoms with van der Waals surface area (Å²) in [5.41, 5.74) is -0.254. The fourth-order valence-electron chi connectivity index (χ4n) is 2.87. The Morgan fingerprint density at radius 3 is 2.30 bits per heavy atom. The summed E-state index contributed by atoms with van der Waals surface area (Å²) in [5.74, 6) is 3.15. The molecule has 0 spiro atoms. The van der Waals surface area contributed by atoms with Crippen LogP contribution in [0, 0.1) is 0 Å². The lowest BCUT2D eigenvalue weighted by molar-refractivity contribution is 0.0437. The van der Waals surface area contributed by atoms with Crippen LogP contribution in [0.2, 0.25) is 0 Å². The molecule has 2 aromatic rings. The van der Waals surface area contributed by atoms with Crippen LogP contribution >= 0.6 is 24.0 Å². The third-order valence-electron chi connectivity index (χ3n) is 4.43. The van der Waals surface area contributed by atoms with Crippen LogP contribution in [0.25, 0.3) is 0 Å². The number of guanidine groups is 1. The molecule has 1 unspecified atom stereocenters. The molecule has 8 nitrogen and oxygen atoms in total. The Bertz CT molecular complexity index is 769. The average Bonchev–Trinajstić information content (AvgIpc) is 3.27. The van der Waals surface area contributed by atoms with Gasteiger partial charge in [0.25, 0.3) is 0 Å². The van der Waals surface area contributed by atoms with E-state index in [1.54, 1.807) is 40.4 Å². The molecule has 168 valence electrons. The fourth-order valence-corrected chi connectivity index (χ4v) is 2.87. The van der Waals surface area contributed by atoms with Gasteiger partial charge in [0, 0.05) is 30.8 Å². The molecule has 0 saturated heterocycles. The molecule has 3 N–H and O–H groups in total. The zero-order valence-corrected chi connectivity index (χ0v) is 20.5. The van der Waals surface area contributed by atoms with Crippen molar-refractivity contribution in [2.45, 2.75) is 25.9 Å². The molecule has 1 heterocycles. The number of hydrogen-bond donors (Lipinski definition) is 3. The van der Waals surface area contributed by atoms with Gasteiger partial charge in [0.05, 0.1) is 34.1 Å². The Kier molecular flexibility index (Phi) is 10.8. The van der Waals surface area contributed by atoms with Crippen LogP contribution in [-0.4, -0.2) is 52.0 Å². The van der Waals surface area contributed by atoms with Gasteiger partial charge in [-0.3, -0.25) is 0 Å². The Balaban J connectivity index is 0.00000450. The van der Waals surface area contributed by atoms with Crippen LogP contribution in [0.15, 0.2) is 39.9 Å². The van der Waals surface area contributed by atoms with Crippen molar-refractivity contribution in [3.63, 3.8) is 0 Å². The Labute approximate surface area is 195 Å². The van der Waals surface area contributed by atoms with E-state index in [-0.39, 0.29) is 30.5 Å². The van der Waals surface area contributed by atoms with Crippen molar-refractivity contribution in [2.75, 3.05) is 41.0 Å². The lowest BCUT2D eigenvalue weighted by Gasteiger charge is -2.20. The van der Waals surface area contributed by atoms with E-state index in [2.05, 4.69) is 15.6 Å². The molecule has 0 fully saturated rings. The number of methoxy groups -OCH3 is 3. The molecule has 0 aliphatic carbocycles. The molecule has 9 heteroatoms. The zero-order chi connectivity index (χ0) is 21.3. The predicted octanol–water partition coefficient (Wildman–Crippen LogP) is 2.93. The van der Waals surface area contributed by atoms with Gasteiger partial charge in [0.1, 0.15) is 28.6 Å². The molecule has 0 radical (unpaired) electrons. The number of benzene rings is 1. The minimum absolute atomic E-state index is 0. The molecule has 0 amide bonds. The fraction of sp³-hybridized carbons (Fsp3) is 0.476. The minimum Gasteiger partial charge on any atom is -0.496 e. The van der Waals surface area contributed by atoms with E-state index in [0.717, 1.165) is 5.56 Å². The number of halogens is 1. The smallest absolute Gasteiger partial charge is 0.191 e. The van der Waals surface area contributed by atoms with E-state index >= 15 is 0 Å². The van der Waals surface area contributed by atoms with Crippen molar-refractivity contribution in [3.8, 4) is 17.2 Å². The number of nitrogens with zero attached hydrogens (tertiary/aromatic N) is 1. The summed E-state index contributed by atoms with van der Waals surface area (Å²) in [6, 6.07) is 7.14. The van der Waals surface area contributed by atoms with Crippen molar-refractivity contribution >= 4 is 29.9 Å². The minimum atomic E-state index is -1.19. The lowest BCUT2D eigenvalue weighted by Crippen LogP contribution is -2.39. The van der Waals surface area contributed by atoms with E-state index in [1.807, 2.05) is 19.1 Å². The van der Waals surface area contributed by atoms with Crippen LogP contribution in [-0.2, 0) is 12.0 Å². The first kappa shape index (κ1) is 25.9. The first-order valence-corrected chi connectivity index (χ1v) is 9.52. The Morgan fingerprint density at radius 1 is 1.13 bits per heavy atom. The topological polar surface area (TPSA) is 97.5 Å². The molecule has 1 aromatic carbocycles. The van der Waals surface area contributed by atoms with Gasteiger partial charge in [-0.25, -0.2) is 4.99 Å². The van der Waals surface area contributed by atoms with E-state index in [9.17, 15) is 5.11 Å². The second-order valence-electron chi connectivity index (χ2n) is 6.63. The van der Waals surface area contributed by atoms with E-state index < -0.39 is 5.60 Å². The van der Waals surface area contributed by atoms with Crippen molar-refractivity contribution in [1.29, 1.82) is 0 Å². The van der Waals surface area contributed by atoms with Gasteiger partial charge in [-0.2, -0.15) is 0 Å². The Morgan fingerprint density at radius 2 is 1.80 bits per heavy atom. The Hall–Kier alpha value is -2.14. The zero-order valence-electron chi connectivity index (χ0n) is 18.2. The number of nitrogens with one attached hydrogen (secondary N) is 2. The first-order chi connectivity index (χ1) is 13.9. The quantitative estimate of drug-likeness (QED) is 0.246. The first-order valence-electron chi connectivity index (χ1n) is 9.52. The summed E-state index contributed by atoms with van der Waals surface area (Å²) in [6.45, 7) is 5.10. The molecule has 2 rings (SSSR count).